The molecule has 2 aromatic rings. The molecule has 1 atom stereocenters. The van der Waals surface area contributed by atoms with Gasteiger partial charge in [0, 0.05) is 0 Å². The Balaban J connectivity index is 1.62. The Bertz CT molecular complexity index is 630. The molecule has 4 heteroatoms. The molecule has 22 heavy (non-hydrogen) atoms. The van der Waals surface area contributed by atoms with Gasteiger partial charge in [0.2, 0.25) is 0 Å². The molecule has 1 aromatic carbocycles. The standard InChI is InChI=1S/C18H21FN2O/c1-12(17-10-20-11-21-17)18(22)14-8-6-13(7-9-14)15-4-2-3-5-16(15)19/h2-5,10-11,13-14,18,22H,1,6-9H2,(H,20,21). The van der Waals surface area contributed by atoms with Crippen molar-refractivity contribution < 1.29 is 9.50 Å². The van der Waals surface area contributed by atoms with Gasteiger partial charge in [-0.05, 0) is 54.7 Å². The highest BCUT2D eigenvalue weighted by atomic mass is 19.1. The summed E-state index contributed by atoms with van der Waals surface area (Å²) in [6.07, 6.45) is 6.26. The van der Waals surface area contributed by atoms with Crippen LogP contribution in [-0.2, 0) is 0 Å². The molecule has 0 saturated heterocycles. The van der Waals surface area contributed by atoms with Crippen LogP contribution in [0.4, 0.5) is 4.39 Å². The van der Waals surface area contributed by atoms with E-state index in [4.69, 9.17) is 0 Å². The molecule has 1 aromatic heterocycles. The summed E-state index contributed by atoms with van der Waals surface area (Å²) in [5, 5.41) is 10.5. The molecule has 1 saturated carbocycles. The van der Waals surface area contributed by atoms with E-state index in [2.05, 4.69) is 16.5 Å². The van der Waals surface area contributed by atoms with Gasteiger partial charge in [-0.25, -0.2) is 9.37 Å². The Morgan fingerprint density at radius 2 is 2.00 bits per heavy atom. The number of H-pyrrole nitrogens is 1. The van der Waals surface area contributed by atoms with Gasteiger partial charge in [0.15, 0.2) is 0 Å². The number of nitrogens with one attached hydrogen (secondary N) is 1. The second-order valence-corrected chi connectivity index (χ2v) is 6.07. The van der Waals surface area contributed by atoms with Gasteiger partial charge in [0.05, 0.1) is 24.3 Å². The monoisotopic (exact) mass is 300 g/mol. The van der Waals surface area contributed by atoms with Crippen LogP contribution in [0.2, 0.25) is 0 Å². The molecule has 0 aliphatic heterocycles. The van der Waals surface area contributed by atoms with Gasteiger partial charge in [-0.15, -0.1) is 0 Å². The van der Waals surface area contributed by atoms with Gasteiger partial charge in [-0.3, -0.25) is 0 Å². The Morgan fingerprint density at radius 1 is 1.27 bits per heavy atom. The second-order valence-electron chi connectivity index (χ2n) is 6.07. The van der Waals surface area contributed by atoms with Crippen molar-refractivity contribution in [1.29, 1.82) is 0 Å². The Hall–Kier alpha value is -1.94. The zero-order valence-corrected chi connectivity index (χ0v) is 12.5. The lowest BCUT2D eigenvalue weighted by Crippen LogP contribution is -2.26. The Kier molecular flexibility index (Phi) is 4.39. The molecule has 0 spiro atoms. The summed E-state index contributed by atoms with van der Waals surface area (Å²) in [6, 6.07) is 7.01. The zero-order chi connectivity index (χ0) is 15.5. The van der Waals surface area contributed by atoms with Crippen LogP contribution in [-0.4, -0.2) is 21.2 Å². The van der Waals surface area contributed by atoms with Crippen molar-refractivity contribution in [2.24, 2.45) is 5.92 Å². The summed E-state index contributed by atoms with van der Waals surface area (Å²) < 4.78 is 13.9. The second kappa shape index (κ2) is 6.44. The largest absolute Gasteiger partial charge is 0.388 e. The van der Waals surface area contributed by atoms with E-state index in [9.17, 15) is 9.50 Å². The number of hydrogen-bond donors (Lipinski definition) is 2. The van der Waals surface area contributed by atoms with E-state index in [1.807, 2.05) is 12.1 Å². The molecule has 1 unspecified atom stereocenters. The first kappa shape index (κ1) is 15.0. The highest BCUT2D eigenvalue weighted by Gasteiger charge is 2.30. The smallest absolute Gasteiger partial charge is 0.126 e. The van der Waals surface area contributed by atoms with E-state index in [0.717, 1.165) is 36.9 Å². The molecule has 1 fully saturated rings. The predicted molar refractivity (Wildman–Crippen MR) is 84.7 cm³/mol. The third-order valence-electron chi connectivity index (χ3n) is 4.76. The van der Waals surface area contributed by atoms with Gasteiger partial charge in [0.1, 0.15) is 5.82 Å². The van der Waals surface area contributed by atoms with E-state index in [1.165, 1.54) is 6.07 Å². The maximum atomic E-state index is 13.9. The minimum atomic E-state index is -0.568. The van der Waals surface area contributed by atoms with E-state index in [1.54, 1.807) is 18.6 Å². The fourth-order valence-corrected chi connectivity index (χ4v) is 3.43. The van der Waals surface area contributed by atoms with Gasteiger partial charge in [-0.2, -0.15) is 0 Å². The third-order valence-corrected chi connectivity index (χ3v) is 4.76. The van der Waals surface area contributed by atoms with E-state index in [0.29, 0.717) is 5.57 Å². The van der Waals surface area contributed by atoms with Crippen molar-refractivity contribution in [3.63, 3.8) is 0 Å². The van der Waals surface area contributed by atoms with Crippen LogP contribution in [0.25, 0.3) is 5.57 Å². The normalized spacial score (nSPS) is 23.2. The summed E-state index contributed by atoms with van der Waals surface area (Å²) in [7, 11) is 0. The summed E-state index contributed by atoms with van der Waals surface area (Å²) in [5.41, 5.74) is 2.28. The minimum absolute atomic E-state index is 0.117. The number of hydrogen-bond acceptors (Lipinski definition) is 2. The first-order valence-corrected chi connectivity index (χ1v) is 7.77. The number of aromatic amines is 1. The number of halogens is 1. The van der Waals surface area contributed by atoms with E-state index < -0.39 is 6.10 Å². The third kappa shape index (κ3) is 2.97. The molecule has 3 rings (SSSR count). The fraction of sp³-hybridized carbons (Fsp3) is 0.389. The topological polar surface area (TPSA) is 48.9 Å². The van der Waals surface area contributed by atoms with E-state index in [-0.39, 0.29) is 17.7 Å². The molecule has 1 aliphatic carbocycles. The van der Waals surface area contributed by atoms with Gasteiger partial charge < -0.3 is 10.1 Å². The summed E-state index contributed by atoms with van der Waals surface area (Å²) in [6.45, 7) is 3.98. The van der Waals surface area contributed by atoms with Gasteiger partial charge >= 0.3 is 0 Å². The average Bonchev–Trinajstić information content (AvgIpc) is 3.09. The van der Waals surface area contributed by atoms with Crippen LogP contribution >= 0.6 is 0 Å². The number of nitrogens with zero attached hydrogens (tertiary/aromatic N) is 1. The lowest BCUT2D eigenvalue weighted by Gasteiger charge is -2.32. The highest BCUT2D eigenvalue weighted by molar-refractivity contribution is 5.63. The maximum absolute atomic E-state index is 13.9. The molecule has 0 radical (unpaired) electrons. The molecular formula is C18H21FN2O. The summed E-state index contributed by atoms with van der Waals surface area (Å²) in [4.78, 5) is 6.94. The molecule has 116 valence electrons. The number of aliphatic hydroxyl groups is 1. The lowest BCUT2D eigenvalue weighted by molar-refractivity contribution is 0.127. The molecule has 1 heterocycles. The van der Waals surface area contributed by atoms with Crippen LogP contribution in [0.5, 0.6) is 0 Å². The zero-order valence-electron chi connectivity index (χ0n) is 12.5. The summed E-state index contributed by atoms with van der Waals surface area (Å²) in [5.74, 6) is 0.317. The quantitative estimate of drug-likeness (QED) is 0.899. The first-order chi connectivity index (χ1) is 10.7. The number of aliphatic hydroxyl groups excluding tert-OH is 1. The number of aromatic nitrogens is 2. The Morgan fingerprint density at radius 3 is 2.64 bits per heavy atom. The van der Waals surface area contributed by atoms with Crippen LogP contribution in [0, 0.1) is 11.7 Å². The van der Waals surface area contributed by atoms with E-state index >= 15 is 0 Å². The van der Waals surface area contributed by atoms with Crippen LogP contribution < -0.4 is 0 Å². The molecule has 0 bridgehead atoms. The van der Waals surface area contributed by atoms with Crippen molar-refractivity contribution in [2.75, 3.05) is 0 Å². The minimum Gasteiger partial charge on any atom is -0.388 e. The molecule has 0 amide bonds. The predicted octanol–water partition coefficient (Wildman–Crippen LogP) is 3.90. The first-order valence-electron chi connectivity index (χ1n) is 7.77. The number of rotatable bonds is 4. The van der Waals surface area contributed by atoms with Crippen LogP contribution in [0.15, 0.2) is 43.4 Å². The number of imidazole rings is 1. The maximum Gasteiger partial charge on any atom is 0.126 e. The van der Waals surface area contributed by atoms with Crippen LogP contribution in [0.1, 0.15) is 42.9 Å². The Labute approximate surface area is 129 Å². The van der Waals surface area contributed by atoms with Gasteiger partial charge in [-0.1, -0.05) is 24.8 Å². The summed E-state index contributed by atoms with van der Waals surface area (Å²) >= 11 is 0. The fourth-order valence-electron chi connectivity index (χ4n) is 3.43. The molecule has 3 nitrogen and oxygen atoms in total. The van der Waals surface area contributed by atoms with Crippen molar-refractivity contribution >= 4 is 5.57 Å². The van der Waals surface area contributed by atoms with Crippen LogP contribution in [0.3, 0.4) is 0 Å². The lowest BCUT2D eigenvalue weighted by atomic mass is 9.75. The SMILES string of the molecule is C=C(c1cnc[nH]1)C(O)C1CCC(c2ccccc2F)CC1. The highest BCUT2D eigenvalue weighted by Crippen LogP contribution is 2.39. The van der Waals surface area contributed by atoms with Gasteiger partial charge in [0.25, 0.3) is 0 Å². The molecule has 2 N–H and O–H groups in total. The van der Waals surface area contributed by atoms with Crippen molar-refractivity contribution in [3.05, 3.63) is 60.4 Å². The average molecular weight is 300 g/mol. The molecule has 1 aliphatic rings. The van der Waals surface area contributed by atoms with Crippen molar-refractivity contribution in [3.8, 4) is 0 Å². The van der Waals surface area contributed by atoms with Crippen molar-refractivity contribution in [2.45, 2.75) is 37.7 Å². The molecular weight excluding hydrogens is 279 g/mol. The van der Waals surface area contributed by atoms with Crippen molar-refractivity contribution in [1.82, 2.24) is 9.97 Å². The number of benzene rings is 1.